The Hall–Kier alpha value is -1.44. The van der Waals surface area contributed by atoms with Gasteiger partial charge in [-0.2, -0.15) is 0 Å². The van der Waals surface area contributed by atoms with E-state index in [0.29, 0.717) is 6.17 Å². The highest BCUT2D eigenvalue weighted by atomic mass is 15.6. The molecule has 2 nitrogen and oxygen atoms in total. The fraction of sp³-hybridized carbons (Fsp3) is 0.200. The van der Waals surface area contributed by atoms with Gasteiger partial charge in [-0.1, -0.05) is 30.3 Å². The molecule has 0 N–H and O–H groups in total. The van der Waals surface area contributed by atoms with Gasteiger partial charge in [0.15, 0.2) is 0 Å². The van der Waals surface area contributed by atoms with Gasteiger partial charge in [-0.25, -0.2) is 0 Å². The molecule has 3 aliphatic rings. The lowest BCUT2D eigenvalue weighted by molar-refractivity contribution is -0.00465. The molecule has 0 atom stereocenters. The molecule has 4 rings (SSSR count). The van der Waals surface area contributed by atoms with Gasteiger partial charge in [-0.3, -0.25) is 0 Å². The first-order valence-electron chi connectivity index (χ1n) is 4.20. The number of nitrogens with zero attached hydrogens (tertiary/aromatic N) is 2. The molecule has 60 valence electrons. The van der Waals surface area contributed by atoms with Crippen molar-refractivity contribution in [3.63, 3.8) is 0 Å². The van der Waals surface area contributed by atoms with E-state index in [4.69, 9.17) is 0 Å². The van der Waals surface area contributed by atoms with Crippen molar-refractivity contribution in [2.45, 2.75) is 6.17 Å². The van der Waals surface area contributed by atoms with Gasteiger partial charge >= 0.3 is 0 Å². The van der Waals surface area contributed by atoms with E-state index in [1.807, 2.05) is 0 Å². The average Bonchev–Trinajstić information content (AvgIpc) is 2.66. The van der Waals surface area contributed by atoms with Crippen LogP contribution in [0.3, 0.4) is 0 Å². The Balaban J connectivity index is 1.93. The lowest BCUT2D eigenvalue weighted by atomic mass is 10.1. The predicted octanol–water partition coefficient (Wildman–Crippen LogP) is 1.75. The van der Waals surface area contributed by atoms with Crippen LogP contribution >= 0.6 is 0 Å². The van der Waals surface area contributed by atoms with Gasteiger partial charge in [0.1, 0.15) is 6.17 Å². The summed E-state index contributed by atoms with van der Waals surface area (Å²) in [5, 5.41) is 0. The highest BCUT2D eigenvalue weighted by Crippen LogP contribution is 2.38. The lowest BCUT2D eigenvalue weighted by Gasteiger charge is -2.44. The van der Waals surface area contributed by atoms with E-state index in [1.54, 1.807) is 0 Å². The molecule has 2 bridgehead atoms. The Morgan fingerprint density at radius 1 is 1.00 bits per heavy atom. The van der Waals surface area contributed by atoms with Gasteiger partial charge in [-0.15, -0.1) is 0 Å². The molecule has 0 unspecified atom stereocenters. The van der Waals surface area contributed by atoms with Crippen LogP contribution in [-0.2, 0) is 0 Å². The van der Waals surface area contributed by atoms with E-state index < -0.39 is 0 Å². The monoisotopic (exact) mass is 158 g/mol. The zero-order valence-electron chi connectivity index (χ0n) is 6.72. The lowest BCUT2D eigenvalue weighted by Crippen LogP contribution is -2.46. The van der Waals surface area contributed by atoms with Crippen LogP contribution in [0.4, 0.5) is 0 Å². The smallest absolute Gasteiger partial charge is 0.130 e. The van der Waals surface area contributed by atoms with E-state index in [2.05, 4.69) is 52.5 Å². The molecule has 1 aromatic carbocycles. The van der Waals surface area contributed by atoms with Crippen LogP contribution < -0.4 is 0 Å². The minimum atomic E-state index is 0.492. The Morgan fingerprint density at radius 2 is 1.67 bits per heavy atom. The molecule has 3 heterocycles. The average molecular weight is 158 g/mol. The van der Waals surface area contributed by atoms with Crippen molar-refractivity contribution < 1.29 is 0 Å². The van der Waals surface area contributed by atoms with Crippen LogP contribution in [0.2, 0.25) is 0 Å². The third-order valence-corrected chi connectivity index (χ3v) is 2.50. The molecule has 0 aromatic heterocycles. The first kappa shape index (κ1) is 6.12. The van der Waals surface area contributed by atoms with Crippen LogP contribution in [-0.4, -0.2) is 16.5 Å². The number of rotatable bonds is 1. The number of hydrogen-bond acceptors (Lipinski definition) is 2. The minimum absolute atomic E-state index is 0.492. The van der Waals surface area contributed by atoms with Gasteiger partial charge in [0, 0.05) is 12.4 Å². The summed E-state index contributed by atoms with van der Waals surface area (Å²) < 4.78 is 0. The molecule has 3 aliphatic heterocycles. The highest BCUT2D eigenvalue weighted by Gasteiger charge is 2.37. The standard InChI is InChI=1S/C10H10N2/c1-2-4-9(5-3-1)10-11-6-7-12(10)8-11/h1-7,10H,8H2. The summed E-state index contributed by atoms with van der Waals surface area (Å²) in [4.78, 5) is 4.66. The molecule has 0 aliphatic carbocycles. The number of benzene rings is 1. The van der Waals surface area contributed by atoms with Crippen LogP contribution in [0.1, 0.15) is 11.7 Å². The molecular weight excluding hydrogens is 148 g/mol. The predicted molar refractivity (Wildman–Crippen MR) is 46.9 cm³/mol. The van der Waals surface area contributed by atoms with Gasteiger partial charge < -0.3 is 9.80 Å². The van der Waals surface area contributed by atoms with E-state index in [9.17, 15) is 0 Å². The van der Waals surface area contributed by atoms with Gasteiger partial charge in [-0.05, 0) is 5.56 Å². The first-order valence-corrected chi connectivity index (χ1v) is 4.20. The first-order chi connectivity index (χ1) is 5.95. The second-order valence-corrected chi connectivity index (χ2v) is 3.25. The summed E-state index contributed by atoms with van der Waals surface area (Å²) in [5.41, 5.74) is 1.38. The molecule has 1 fully saturated rings. The van der Waals surface area contributed by atoms with Gasteiger partial charge in [0.05, 0.1) is 6.67 Å². The van der Waals surface area contributed by atoms with Crippen molar-refractivity contribution in [2.75, 3.05) is 6.67 Å². The highest BCUT2D eigenvalue weighted by molar-refractivity contribution is 5.24. The van der Waals surface area contributed by atoms with Crippen LogP contribution in [0.25, 0.3) is 0 Å². The molecule has 2 heteroatoms. The topological polar surface area (TPSA) is 6.48 Å². The van der Waals surface area contributed by atoms with E-state index in [-0.39, 0.29) is 0 Å². The fourth-order valence-corrected chi connectivity index (χ4v) is 1.87. The molecule has 0 radical (unpaired) electrons. The van der Waals surface area contributed by atoms with Crippen molar-refractivity contribution >= 4 is 0 Å². The van der Waals surface area contributed by atoms with Crippen LogP contribution in [0.15, 0.2) is 42.7 Å². The maximum atomic E-state index is 2.33. The molecule has 1 aromatic rings. The molecular formula is C10H10N2. The summed E-state index contributed by atoms with van der Waals surface area (Å²) in [7, 11) is 0. The third kappa shape index (κ3) is 0.644. The van der Waals surface area contributed by atoms with Crippen molar-refractivity contribution in [1.29, 1.82) is 0 Å². The van der Waals surface area contributed by atoms with Gasteiger partial charge in [0.25, 0.3) is 0 Å². The van der Waals surface area contributed by atoms with Crippen molar-refractivity contribution in [3.05, 3.63) is 48.3 Å². The summed E-state index contributed by atoms with van der Waals surface area (Å²) in [6.45, 7) is 1.07. The third-order valence-electron chi connectivity index (χ3n) is 2.50. The Kier molecular flexibility index (Phi) is 1.04. The van der Waals surface area contributed by atoms with Gasteiger partial charge in [0.2, 0.25) is 0 Å². The molecule has 1 saturated heterocycles. The Labute approximate surface area is 71.7 Å². The maximum absolute atomic E-state index is 2.33. The summed E-state index contributed by atoms with van der Waals surface area (Å²) in [6, 6.07) is 10.6. The number of hydrogen-bond donors (Lipinski definition) is 0. The second kappa shape index (κ2) is 2.03. The van der Waals surface area contributed by atoms with E-state index in [0.717, 1.165) is 6.67 Å². The second-order valence-electron chi connectivity index (χ2n) is 3.25. The molecule has 0 saturated carbocycles. The quantitative estimate of drug-likeness (QED) is 0.614. The van der Waals surface area contributed by atoms with Crippen molar-refractivity contribution in [2.24, 2.45) is 0 Å². The fourth-order valence-electron chi connectivity index (χ4n) is 1.87. The summed E-state index contributed by atoms with van der Waals surface area (Å²) in [6.07, 6.45) is 4.79. The maximum Gasteiger partial charge on any atom is 0.130 e. The van der Waals surface area contributed by atoms with Crippen molar-refractivity contribution in [3.8, 4) is 0 Å². The summed E-state index contributed by atoms with van der Waals surface area (Å²) in [5.74, 6) is 0. The van der Waals surface area contributed by atoms with Crippen molar-refractivity contribution in [1.82, 2.24) is 9.80 Å². The Bertz CT molecular complexity index is 306. The zero-order chi connectivity index (χ0) is 7.97. The van der Waals surface area contributed by atoms with E-state index >= 15 is 0 Å². The zero-order valence-corrected chi connectivity index (χ0v) is 6.72. The van der Waals surface area contributed by atoms with E-state index in [1.165, 1.54) is 5.56 Å². The normalized spacial score (nSPS) is 20.0. The molecule has 12 heavy (non-hydrogen) atoms. The SMILES string of the molecule is C1=CN2CN1C2c1ccccc1. The molecule has 0 amide bonds. The largest absolute Gasteiger partial charge is 0.334 e. The molecule has 0 spiro atoms. The van der Waals surface area contributed by atoms with Crippen LogP contribution in [0.5, 0.6) is 0 Å². The van der Waals surface area contributed by atoms with Crippen LogP contribution in [0, 0.1) is 0 Å². The summed E-state index contributed by atoms with van der Waals surface area (Å²) >= 11 is 0. The minimum Gasteiger partial charge on any atom is -0.334 e. The Morgan fingerprint density at radius 3 is 2.25 bits per heavy atom.